The van der Waals surface area contributed by atoms with Gasteiger partial charge in [0.15, 0.2) is 0 Å². The molecule has 3 aromatic rings. The molecule has 0 radical (unpaired) electrons. The van der Waals surface area contributed by atoms with Gasteiger partial charge in [-0.1, -0.05) is 23.7 Å². The number of nitrogens with zero attached hydrogens (tertiary/aromatic N) is 3. The predicted molar refractivity (Wildman–Crippen MR) is 109 cm³/mol. The summed E-state index contributed by atoms with van der Waals surface area (Å²) in [5, 5.41) is 1.13. The molecule has 1 aliphatic heterocycles. The maximum Gasteiger partial charge on any atom is 0.236 e. The van der Waals surface area contributed by atoms with Crippen LogP contribution in [0.5, 0.6) is 0 Å². The molecule has 26 heavy (non-hydrogen) atoms. The fourth-order valence-corrected chi connectivity index (χ4v) is 5.66. The lowest BCUT2D eigenvalue weighted by Crippen LogP contribution is -2.37. The van der Waals surface area contributed by atoms with Gasteiger partial charge < -0.3 is 4.90 Å². The Morgan fingerprint density at radius 2 is 2.15 bits per heavy atom. The number of rotatable bonds is 5. The third kappa shape index (κ3) is 3.78. The molecule has 3 heterocycles. The summed E-state index contributed by atoms with van der Waals surface area (Å²) in [4.78, 5) is 22.7. The number of halogens is 1. The van der Waals surface area contributed by atoms with Gasteiger partial charge >= 0.3 is 0 Å². The van der Waals surface area contributed by atoms with Gasteiger partial charge in [0, 0.05) is 11.9 Å². The van der Waals surface area contributed by atoms with E-state index in [4.69, 9.17) is 16.6 Å². The monoisotopic (exact) mass is 405 g/mol. The van der Waals surface area contributed by atoms with Gasteiger partial charge in [0.05, 0.1) is 33.7 Å². The van der Waals surface area contributed by atoms with Crippen molar-refractivity contribution in [2.24, 2.45) is 0 Å². The first kappa shape index (κ1) is 17.9. The van der Waals surface area contributed by atoms with Crippen LogP contribution in [0.3, 0.4) is 0 Å². The van der Waals surface area contributed by atoms with E-state index in [1.807, 2.05) is 31.3 Å². The number of hydrogen-bond donors (Lipinski definition) is 0. The molecule has 1 fully saturated rings. The van der Waals surface area contributed by atoms with Gasteiger partial charge in [-0.3, -0.25) is 9.69 Å². The number of carbonyl (C=O) groups excluding carboxylic acids is 1. The average molecular weight is 406 g/mol. The molecule has 1 atom stereocenters. The highest BCUT2D eigenvalue weighted by atomic mass is 35.5. The van der Waals surface area contributed by atoms with E-state index in [9.17, 15) is 4.79 Å². The minimum atomic E-state index is 0.141. The molecule has 4 rings (SSSR count). The molecule has 1 unspecified atom stereocenters. The van der Waals surface area contributed by atoms with Gasteiger partial charge in [0.1, 0.15) is 5.01 Å². The number of aromatic nitrogens is 1. The minimum Gasteiger partial charge on any atom is -0.340 e. The number of thiophene rings is 1. The molecule has 0 aliphatic carbocycles. The molecule has 1 saturated heterocycles. The zero-order valence-electron chi connectivity index (χ0n) is 14.5. The van der Waals surface area contributed by atoms with Crippen LogP contribution in [0.25, 0.3) is 10.2 Å². The van der Waals surface area contributed by atoms with E-state index in [1.54, 1.807) is 16.2 Å². The normalized spacial score (nSPS) is 17.8. The second-order valence-electron chi connectivity index (χ2n) is 6.60. The smallest absolute Gasteiger partial charge is 0.236 e. The highest BCUT2D eigenvalue weighted by molar-refractivity contribution is 7.18. The number of hydrogen-bond acceptors (Lipinski definition) is 5. The second-order valence-corrected chi connectivity index (χ2v) is 9.47. The number of benzene rings is 1. The highest BCUT2D eigenvalue weighted by Gasteiger charge is 2.30. The summed E-state index contributed by atoms with van der Waals surface area (Å²) in [5.41, 5.74) is 1.05. The van der Waals surface area contributed by atoms with Crippen LogP contribution in [-0.2, 0) is 11.3 Å². The van der Waals surface area contributed by atoms with Crippen molar-refractivity contribution in [1.29, 1.82) is 0 Å². The van der Waals surface area contributed by atoms with Crippen LogP contribution < -0.4 is 0 Å². The lowest BCUT2D eigenvalue weighted by atomic mass is 10.2. The molecular formula is C19H20ClN3OS2. The van der Waals surface area contributed by atoms with Gasteiger partial charge in [-0.2, -0.15) is 0 Å². The number of amides is 1. The zero-order valence-corrected chi connectivity index (χ0v) is 16.9. The summed E-state index contributed by atoms with van der Waals surface area (Å²) in [6.07, 6.45) is 2.18. The molecule has 1 amide bonds. The summed E-state index contributed by atoms with van der Waals surface area (Å²) in [6.45, 7) is 2.00. The fraction of sp³-hybridized carbons (Fsp3) is 0.368. The summed E-state index contributed by atoms with van der Waals surface area (Å²) >= 11 is 9.26. The van der Waals surface area contributed by atoms with Crippen molar-refractivity contribution in [2.75, 3.05) is 20.1 Å². The Hall–Kier alpha value is -1.47. The van der Waals surface area contributed by atoms with Crippen molar-refractivity contribution in [1.82, 2.24) is 14.8 Å². The van der Waals surface area contributed by atoms with E-state index in [2.05, 4.69) is 17.0 Å². The van der Waals surface area contributed by atoms with Crippen LogP contribution >= 0.6 is 34.3 Å². The topological polar surface area (TPSA) is 36.4 Å². The summed E-state index contributed by atoms with van der Waals surface area (Å²) < 4.78 is 1.98. The van der Waals surface area contributed by atoms with E-state index in [-0.39, 0.29) is 11.9 Å². The van der Waals surface area contributed by atoms with Crippen molar-refractivity contribution in [3.05, 3.63) is 50.6 Å². The fourth-order valence-electron chi connectivity index (χ4n) is 3.38. The lowest BCUT2D eigenvalue weighted by molar-refractivity contribution is -0.131. The van der Waals surface area contributed by atoms with Crippen LogP contribution in [0.15, 0.2) is 36.4 Å². The van der Waals surface area contributed by atoms with Gasteiger partial charge in [-0.05, 0) is 43.7 Å². The largest absolute Gasteiger partial charge is 0.340 e. The van der Waals surface area contributed by atoms with Crippen molar-refractivity contribution in [2.45, 2.75) is 25.4 Å². The standard InChI is InChI=1S/C19H20ClN3OS2/c1-22(11-13-8-9-17(20)25-13)18(24)12-23-10-4-6-15(23)19-21-14-5-2-3-7-16(14)26-19/h2-3,5,7-9,15H,4,6,10-12H2,1H3. The predicted octanol–water partition coefficient (Wildman–Crippen LogP) is 4.81. The Kier molecular flexibility index (Phi) is 5.27. The first-order chi connectivity index (χ1) is 12.6. The molecule has 0 N–H and O–H groups in total. The number of fused-ring (bicyclic) bond motifs is 1. The van der Waals surface area contributed by atoms with Crippen LogP contribution in [0.1, 0.15) is 28.8 Å². The number of carbonyl (C=O) groups is 1. The van der Waals surface area contributed by atoms with Crippen LogP contribution in [-0.4, -0.2) is 40.8 Å². The number of likely N-dealkylation sites (N-methyl/N-ethyl adjacent to an activating group) is 1. The highest BCUT2D eigenvalue weighted by Crippen LogP contribution is 2.36. The first-order valence-electron chi connectivity index (χ1n) is 8.68. The second kappa shape index (κ2) is 7.64. The lowest BCUT2D eigenvalue weighted by Gasteiger charge is -2.25. The molecular weight excluding hydrogens is 386 g/mol. The Morgan fingerprint density at radius 1 is 1.31 bits per heavy atom. The Bertz CT molecular complexity index is 889. The quantitative estimate of drug-likeness (QED) is 0.611. The molecule has 1 aromatic carbocycles. The van der Waals surface area contributed by atoms with Crippen LogP contribution in [0, 0.1) is 0 Å². The van der Waals surface area contributed by atoms with Crippen molar-refractivity contribution in [3.63, 3.8) is 0 Å². The molecule has 4 nitrogen and oxygen atoms in total. The molecule has 1 aliphatic rings. The van der Waals surface area contributed by atoms with E-state index in [1.165, 1.54) is 16.0 Å². The van der Waals surface area contributed by atoms with Gasteiger partial charge in [0.25, 0.3) is 0 Å². The Labute approximate surface area is 166 Å². The average Bonchev–Trinajstić information content (AvgIpc) is 3.33. The third-order valence-electron chi connectivity index (χ3n) is 4.75. The molecule has 7 heteroatoms. The van der Waals surface area contributed by atoms with E-state index < -0.39 is 0 Å². The van der Waals surface area contributed by atoms with Crippen LogP contribution in [0.2, 0.25) is 4.34 Å². The van der Waals surface area contributed by atoms with Gasteiger partial charge in [-0.25, -0.2) is 4.98 Å². The van der Waals surface area contributed by atoms with E-state index >= 15 is 0 Å². The maximum atomic E-state index is 12.7. The van der Waals surface area contributed by atoms with Crippen LogP contribution in [0.4, 0.5) is 0 Å². The molecule has 136 valence electrons. The summed E-state index contributed by atoms with van der Waals surface area (Å²) in [5.74, 6) is 0.141. The minimum absolute atomic E-state index is 0.141. The summed E-state index contributed by atoms with van der Waals surface area (Å²) in [6, 6.07) is 12.3. The van der Waals surface area contributed by atoms with Crippen molar-refractivity contribution < 1.29 is 4.79 Å². The summed E-state index contributed by atoms with van der Waals surface area (Å²) in [7, 11) is 1.86. The first-order valence-corrected chi connectivity index (χ1v) is 10.7. The number of likely N-dealkylation sites (tertiary alicyclic amines) is 1. The molecule has 0 saturated carbocycles. The van der Waals surface area contributed by atoms with Gasteiger partial charge in [-0.15, -0.1) is 22.7 Å². The molecule has 0 bridgehead atoms. The van der Waals surface area contributed by atoms with E-state index in [0.29, 0.717) is 13.1 Å². The van der Waals surface area contributed by atoms with Crippen molar-refractivity contribution >= 4 is 50.4 Å². The van der Waals surface area contributed by atoms with Gasteiger partial charge in [0.2, 0.25) is 5.91 Å². The van der Waals surface area contributed by atoms with E-state index in [0.717, 1.165) is 39.1 Å². The number of para-hydroxylation sites is 1. The Morgan fingerprint density at radius 3 is 2.92 bits per heavy atom. The number of thiazole rings is 1. The third-order valence-corrected chi connectivity index (χ3v) is 7.10. The zero-order chi connectivity index (χ0) is 18.1. The molecule has 2 aromatic heterocycles. The Balaban J connectivity index is 1.43. The maximum absolute atomic E-state index is 12.7. The van der Waals surface area contributed by atoms with Crippen molar-refractivity contribution in [3.8, 4) is 0 Å². The molecule has 0 spiro atoms. The SMILES string of the molecule is CN(Cc1ccc(Cl)s1)C(=O)CN1CCCC1c1nc2ccccc2s1.